The summed E-state index contributed by atoms with van der Waals surface area (Å²) in [5.74, 6) is 0.868. The van der Waals surface area contributed by atoms with Crippen molar-refractivity contribution in [1.29, 1.82) is 0 Å². The van der Waals surface area contributed by atoms with Crippen LogP contribution in [0.25, 0.3) is 5.95 Å². The number of nitrogens with zero attached hydrogens (tertiary/aromatic N) is 3. The van der Waals surface area contributed by atoms with E-state index in [0.717, 1.165) is 17.0 Å². The van der Waals surface area contributed by atoms with Crippen LogP contribution in [0.4, 0.5) is 0 Å². The van der Waals surface area contributed by atoms with Gasteiger partial charge in [-0.3, -0.25) is 4.57 Å². The second-order valence-corrected chi connectivity index (χ2v) is 6.60. The molecule has 0 aliphatic heterocycles. The molecule has 0 aromatic carbocycles. The zero-order valence-corrected chi connectivity index (χ0v) is 15.6. The van der Waals surface area contributed by atoms with Crippen molar-refractivity contribution in [2.24, 2.45) is 0 Å². The van der Waals surface area contributed by atoms with Crippen molar-refractivity contribution < 1.29 is 14.4 Å². The van der Waals surface area contributed by atoms with Crippen LogP contribution in [-0.2, 0) is 33.6 Å². The minimum atomic E-state index is 0.106. The minimum Gasteiger partial charge on any atom is -0.300 e. The van der Waals surface area contributed by atoms with Crippen LogP contribution in [0, 0.1) is 0 Å². The number of hydrogen-bond donors (Lipinski definition) is 0. The largest absolute Gasteiger partial charge is 0.300 e. The molecule has 2 heterocycles. The average molecular weight is 355 g/mol. The highest BCUT2D eigenvalue weighted by molar-refractivity contribution is 5.77. The molecule has 0 spiro atoms. The van der Waals surface area contributed by atoms with Crippen LogP contribution >= 0.6 is 0 Å². The second kappa shape index (κ2) is 9.17. The Morgan fingerprint density at radius 3 is 1.96 bits per heavy atom. The fourth-order valence-electron chi connectivity index (χ4n) is 2.90. The first-order chi connectivity index (χ1) is 12.4. The average Bonchev–Trinajstić information content (AvgIpc) is 2.94. The Hall–Kier alpha value is -2.63. The number of carbonyl (C=O) groups is 3. The summed E-state index contributed by atoms with van der Waals surface area (Å²) in [7, 11) is 0. The van der Waals surface area contributed by atoms with Crippen LogP contribution < -0.4 is 0 Å². The van der Waals surface area contributed by atoms with E-state index in [9.17, 15) is 14.4 Å². The van der Waals surface area contributed by atoms with Crippen LogP contribution in [0.15, 0.2) is 24.5 Å². The summed E-state index contributed by atoms with van der Waals surface area (Å²) in [6, 6.07) is 3.77. The number of carbonyl (C=O) groups excluding carboxylic acids is 3. The summed E-state index contributed by atoms with van der Waals surface area (Å²) < 4.78 is 1.95. The molecule has 0 atom stereocenters. The van der Waals surface area contributed by atoms with Crippen LogP contribution in [0.1, 0.15) is 57.0 Å². The fourth-order valence-corrected chi connectivity index (χ4v) is 2.90. The highest BCUT2D eigenvalue weighted by Crippen LogP contribution is 2.24. The van der Waals surface area contributed by atoms with Crippen molar-refractivity contribution in [2.75, 3.05) is 0 Å². The molecule has 26 heavy (non-hydrogen) atoms. The van der Waals surface area contributed by atoms with Gasteiger partial charge in [0.1, 0.15) is 17.3 Å². The molecule has 6 heteroatoms. The normalized spacial score (nSPS) is 10.7. The molecule has 0 fully saturated rings. The highest BCUT2D eigenvalue weighted by atomic mass is 16.1. The van der Waals surface area contributed by atoms with E-state index in [1.54, 1.807) is 39.2 Å². The lowest BCUT2D eigenvalue weighted by Crippen LogP contribution is -2.11. The fraction of sp³-hybridized carbons (Fsp3) is 0.450. The van der Waals surface area contributed by atoms with Crippen molar-refractivity contribution >= 4 is 17.3 Å². The molecule has 0 bridgehead atoms. The molecule has 0 aliphatic carbocycles. The maximum atomic E-state index is 11.5. The van der Waals surface area contributed by atoms with E-state index >= 15 is 0 Å². The van der Waals surface area contributed by atoms with Gasteiger partial charge in [0.25, 0.3) is 0 Å². The van der Waals surface area contributed by atoms with Gasteiger partial charge in [0, 0.05) is 43.0 Å². The Kier molecular flexibility index (Phi) is 6.95. The van der Waals surface area contributed by atoms with Gasteiger partial charge >= 0.3 is 0 Å². The first-order valence-electron chi connectivity index (χ1n) is 8.86. The summed E-state index contributed by atoms with van der Waals surface area (Å²) in [6.07, 6.45) is 6.35. The van der Waals surface area contributed by atoms with Gasteiger partial charge in [-0.25, -0.2) is 9.97 Å². The predicted octanol–water partition coefficient (Wildman–Crippen LogP) is 2.83. The van der Waals surface area contributed by atoms with Crippen molar-refractivity contribution in [2.45, 2.75) is 59.3 Å². The molecule has 6 nitrogen and oxygen atoms in total. The highest BCUT2D eigenvalue weighted by Gasteiger charge is 2.19. The monoisotopic (exact) mass is 355 g/mol. The number of aromatic nitrogens is 3. The van der Waals surface area contributed by atoms with Gasteiger partial charge in [-0.2, -0.15) is 0 Å². The zero-order chi connectivity index (χ0) is 19.1. The van der Waals surface area contributed by atoms with Gasteiger partial charge < -0.3 is 14.4 Å². The van der Waals surface area contributed by atoms with Gasteiger partial charge in [0.05, 0.1) is 0 Å². The molecular weight excluding hydrogens is 330 g/mol. The third-order valence-corrected chi connectivity index (χ3v) is 4.21. The smallest absolute Gasteiger partial charge is 0.234 e. The van der Waals surface area contributed by atoms with Gasteiger partial charge in [-0.05, 0) is 57.7 Å². The summed E-state index contributed by atoms with van der Waals surface area (Å²) in [5, 5.41) is 0. The topological polar surface area (TPSA) is 81.9 Å². The molecule has 0 saturated carbocycles. The van der Waals surface area contributed by atoms with Gasteiger partial charge in [0.2, 0.25) is 5.95 Å². The maximum Gasteiger partial charge on any atom is 0.234 e. The molecule has 0 saturated heterocycles. The van der Waals surface area contributed by atoms with Crippen molar-refractivity contribution in [3.05, 3.63) is 41.5 Å². The van der Waals surface area contributed by atoms with Gasteiger partial charge in [-0.1, -0.05) is 0 Å². The lowest BCUT2D eigenvalue weighted by atomic mass is 10.0. The third-order valence-electron chi connectivity index (χ3n) is 4.21. The Labute approximate surface area is 153 Å². The van der Waals surface area contributed by atoms with E-state index in [1.165, 1.54) is 0 Å². The SMILES string of the molecule is CC(=O)CCc1cc(CCC(C)=O)n(-c2ncccn2)c1CCC(C)=O. The molecule has 0 unspecified atom stereocenters. The number of hydrogen-bond acceptors (Lipinski definition) is 5. The van der Waals surface area contributed by atoms with Crippen LogP contribution in [-0.4, -0.2) is 31.9 Å². The van der Waals surface area contributed by atoms with E-state index in [1.807, 2.05) is 10.6 Å². The van der Waals surface area contributed by atoms with E-state index in [4.69, 9.17) is 0 Å². The Bertz CT molecular complexity index is 794. The first kappa shape index (κ1) is 19.7. The number of aryl methyl sites for hydroxylation is 2. The standard InChI is InChI=1S/C20H25N3O3/c1-14(24)5-8-17-13-18(9-6-15(2)25)23(19(17)10-7-16(3)26)20-21-11-4-12-22-20/h4,11-13H,5-10H2,1-3H3. The van der Waals surface area contributed by atoms with Crippen molar-refractivity contribution in [3.63, 3.8) is 0 Å². The molecular formula is C20H25N3O3. The van der Waals surface area contributed by atoms with Crippen LogP contribution in [0.3, 0.4) is 0 Å². The summed E-state index contributed by atoms with van der Waals surface area (Å²) in [5.41, 5.74) is 2.90. The molecule has 0 aliphatic rings. The van der Waals surface area contributed by atoms with E-state index in [2.05, 4.69) is 9.97 Å². The summed E-state index contributed by atoms with van der Waals surface area (Å²) in [4.78, 5) is 43.1. The molecule has 2 aromatic rings. The second-order valence-electron chi connectivity index (χ2n) is 6.60. The Morgan fingerprint density at radius 1 is 0.846 bits per heavy atom. The molecule has 2 rings (SSSR count). The zero-order valence-electron chi connectivity index (χ0n) is 15.6. The number of rotatable bonds is 10. The van der Waals surface area contributed by atoms with Crippen molar-refractivity contribution in [1.82, 2.24) is 14.5 Å². The summed E-state index contributed by atoms with van der Waals surface area (Å²) in [6.45, 7) is 4.71. The molecule has 0 radical (unpaired) electrons. The van der Waals surface area contributed by atoms with Gasteiger partial charge in [-0.15, -0.1) is 0 Å². The Balaban J connectivity index is 2.50. The molecule has 0 N–H and O–H groups in total. The minimum absolute atomic E-state index is 0.106. The third kappa shape index (κ3) is 5.44. The first-order valence-corrected chi connectivity index (χ1v) is 8.86. The lowest BCUT2D eigenvalue weighted by Gasteiger charge is -2.12. The predicted molar refractivity (Wildman–Crippen MR) is 98.4 cm³/mol. The Morgan fingerprint density at radius 2 is 1.38 bits per heavy atom. The van der Waals surface area contributed by atoms with E-state index < -0.39 is 0 Å². The van der Waals surface area contributed by atoms with Crippen LogP contribution in [0.5, 0.6) is 0 Å². The number of Topliss-reactive ketones (excluding diaryl/α,β-unsaturated/α-hetero) is 3. The van der Waals surface area contributed by atoms with E-state index in [0.29, 0.717) is 44.5 Å². The van der Waals surface area contributed by atoms with Crippen molar-refractivity contribution in [3.8, 4) is 5.95 Å². The van der Waals surface area contributed by atoms with Crippen LogP contribution in [0.2, 0.25) is 0 Å². The lowest BCUT2D eigenvalue weighted by molar-refractivity contribution is -0.117. The van der Waals surface area contributed by atoms with E-state index in [-0.39, 0.29) is 17.3 Å². The molecule has 138 valence electrons. The summed E-state index contributed by atoms with van der Waals surface area (Å²) >= 11 is 0. The maximum absolute atomic E-state index is 11.5. The quantitative estimate of drug-likeness (QED) is 0.654. The number of ketones is 3. The molecule has 0 amide bonds. The molecule has 2 aromatic heterocycles. The van der Waals surface area contributed by atoms with Gasteiger partial charge in [0.15, 0.2) is 0 Å².